The van der Waals surface area contributed by atoms with Gasteiger partial charge in [0.15, 0.2) is 5.65 Å². The molecule has 3 aromatic rings. The van der Waals surface area contributed by atoms with Crippen LogP contribution in [0.2, 0.25) is 0 Å². The second-order valence-corrected chi connectivity index (χ2v) is 6.14. The van der Waals surface area contributed by atoms with Gasteiger partial charge in [0.2, 0.25) is 0 Å². The second kappa shape index (κ2) is 6.47. The van der Waals surface area contributed by atoms with Crippen molar-refractivity contribution < 1.29 is 17.9 Å². The number of para-hydroxylation sites is 1. The van der Waals surface area contributed by atoms with Crippen molar-refractivity contribution in [3.8, 4) is 5.75 Å². The van der Waals surface area contributed by atoms with Gasteiger partial charge in [0.25, 0.3) is 5.82 Å². The summed E-state index contributed by atoms with van der Waals surface area (Å²) >= 11 is 0. The van der Waals surface area contributed by atoms with Crippen LogP contribution >= 0.6 is 0 Å². The van der Waals surface area contributed by atoms with Crippen LogP contribution in [0.1, 0.15) is 30.7 Å². The van der Waals surface area contributed by atoms with Crippen molar-refractivity contribution in [1.29, 1.82) is 0 Å². The molecule has 2 aromatic heterocycles. The highest BCUT2D eigenvalue weighted by Crippen LogP contribution is 2.29. The van der Waals surface area contributed by atoms with Crippen LogP contribution in [0.3, 0.4) is 0 Å². The summed E-state index contributed by atoms with van der Waals surface area (Å²) in [6, 6.07) is 10.6. The zero-order valence-corrected chi connectivity index (χ0v) is 13.7. The molecule has 4 rings (SSSR count). The zero-order valence-electron chi connectivity index (χ0n) is 13.7. The van der Waals surface area contributed by atoms with Crippen LogP contribution < -0.4 is 10.1 Å². The molecule has 1 aliphatic carbocycles. The number of halogens is 3. The Bertz CT molecular complexity index is 920. The average molecular weight is 363 g/mol. The van der Waals surface area contributed by atoms with Gasteiger partial charge in [0, 0.05) is 12.1 Å². The smallest absolute Gasteiger partial charge is 0.453 e. The molecule has 6 nitrogen and oxygen atoms in total. The van der Waals surface area contributed by atoms with Crippen molar-refractivity contribution in [2.24, 2.45) is 0 Å². The lowest BCUT2D eigenvalue weighted by Crippen LogP contribution is -2.25. The van der Waals surface area contributed by atoms with Crippen LogP contribution in [-0.4, -0.2) is 25.9 Å². The van der Waals surface area contributed by atoms with Crippen molar-refractivity contribution in [2.45, 2.75) is 38.1 Å². The number of alkyl halides is 3. The van der Waals surface area contributed by atoms with Gasteiger partial charge in [-0.2, -0.15) is 17.7 Å². The molecule has 1 aromatic carbocycles. The number of nitrogens with one attached hydrogen (secondary N) is 1. The van der Waals surface area contributed by atoms with Gasteiger partial charge in [0.1, 0.15) is 11.6 Å². The van der Waals surface area contributed by atoms with E-state index in [-0.39, 0.29) is 11.8 Å². The van der Waals surface area contributed by atoms with Crippen LogP contribution in [0.4, 0.5) is 19.0 Å². The Labute approximate surface area is 147 Å². The predicted molar refractivity (Wildman–Crippen MR) is 87.8 cm³/mol. The van der Waals surface area contributed by atoms with Crippen LogP contribution in [0.5, 0.6) is 5.75 Å². The number of aromatic nitrogens is 4. The Morgan fingerprint density at radius 3 is 2.65 bits per heavy atom. The fraction of sp³-hybridized carbons (Fsp3) is 0.353. The Kier molecular flexibility index (Phi) is 4.14. The largest absolute Gasteiger partial charge is 0.490 e. The van der Waals surface area contributed by atoms with Crippen molar-refractivity contribution in [3.05, 3.63) is 47.8 Å². The third-order valence-electron chi connectivity index (χ3n) is 4.29. The van der Waals surface area contributed by atoms with Crippen LogP contribution in [0.25, 0.3) is 5.65 Å². The molecular formula is C17H16F3N5O. The fourth-order valence-electron chi connectivity index (χ4n) is 2.68. The van der Waals surface area contributed by atoms with E-state index in [1.54, 1.807) is 6.07 Å². The van der Waals surface area contributed by atoms with Gasteiger partial charge in [-0.1, -0.05) is 18.2 Å². The van der Waals surface area contributed by atoms with E-state index in [4.69, 9.17) is 4.74 Å². The minimum Gasteiger partial charge on any atom is -0.490 e. The monoisotopic (exact) mass is 363 g/mol. The highest BCUT2D eigenvalue weighted by atomic mass is 19.4. The number of rotatable bonds is 5. The first-order chi connectivity index (χ1) is 12.5. The number of anilines is 1. The first-order valence-corrected chi connectivity index (χ1v) is 8.29. The Morgan fingerprint density at radius 1 is 1.12 bits per heavy atom. The maximum absolute atomic E-state index is 12.9. The predicted octanol–water partition coefficient (Wildman–Crippen LogP) is 3.69. The summed E-state index contributed by atoms with van der Waals surface area (Å²) in [6.45, 7) is 0.380. The molecule has 1 fully saturated rings. The summed E-state index contributed by atoms with van der Waals surface area (Å²) in [6.07, 6.45) is -1.09. The summed E-state index contributed by atoms with van der Waals surface area (Å²) < 4.78 is 45.5. The van der Waals surface area contributed by atoms with Crippen molar-refractivity contribution >= 4 is 11.5 Å². The van der Waals surface area contributed by atoms with E-state index in [0.29, 0.717) is 16.9 Å². The van der Waals surface area contributed by atoms with Gasteiger partial charge >= 0.3 is 6.18 Å². The molecule has 136 valence electrons. The molecule has 2 heterocycles. The molecular weight excluding hydrogens is 347 g/mol. The maximum Gasteiger partial charge on any atom is 0.453 e. The molecule has 0 atom stereocenters. The van der Waals surface area contributed by atoms with E-state index in [1.165, 1.54) is 12.5 Å². The van der Waals surface area contributed by atoms with Crippen LogP contribution in [0, 0.1) is 0 Å². The number of hydrogen-bond donors (Lipinski definition) is 1. The lowest BCUT2D eigenvalue weighted by Gasteiger charge is -2.27. The maximum atomic E-state index is 12.9. The SMILES string of the molecule is FC(F)(F)c1nnc2ccc(NCc3ccccc3OC3CCC3)nn12. The van der Waals surface area contributed by atoms with Gasteiger partial charge in [-0.3, -0.25) is 0 Å². The van der Waals surface area contributed by atoms with Crippen molar-refractivity contribution in [3.63, 3.8) is 0 Å². The van der Waals surface area contributed by atoms with E-state index >= 15 is 0 Å². The molecule has 26 heavy (non-hydrogen) atoms. The summed E-state index contributed by atoms with van der Waals surface area (Å²) in [4.78, 5) is 0. The molecule has 0 spiro atoms. The van der Waals surface area contributed by atoms with E-state index < -0.39 is 12.0 Å². The molecule has 0 amide bonds. The molecule has 1 aliphatic rings. The highest BCUT2D eigenvalue weighted by molar-refractivity contribution is 5.45. The van der Waals surface area contributed by atoms with Crippen molar-refractivity contribution in [1.82, 2.24) is 19.8 Å². The van der Waals surface area contributed by atoms with Crippen molar-refractivity contribution in [2.75, 3.05) is 5.32 Å². The molecule has 0 bridgehead atoms. The summed E-state index contributed by atoms with van der Waals surface area (Å²) in [5, 5.41) is 13.6. The van der Waals surface area contributed by atoms with E-state index in [1.807, 2.05) is 24.3 Å². The molecule has 1 saturated carbocycles. The van der Waals surface area contributed by atoms with Gasteiger partial charge in [-0.25, -0.2) is 0 Å². The average Bonchev–Trinajstić information content (AvgIpc) is 3.00. The lowest BCUT2D eigenvalue weighted by molar-refractivity contribution is -0.146. The quantitative estimate of drug-likeness (QED) is 0.749. The first kappa shape index (κ1) is 16.6. The lowest BCUT2D eigenvalue weighted by atomic mass is 9.96. The number of ether oxygens (including phenoxy) is 1. The van der Waals surface area contributed by atoms with Crippen LogP contribution in [0.15, 0.2) is 36.4 Å². The first-order valence-electron chi connectivity index (χ1n) is 8.29. The normalized spacial score (nSPS) is 15.0. The number of fused-ring (bicyclic) bond motifs is 1. The minimum atomic E-state index is -4.62. The molecule has 9 heteroatoms. The van der Waals surface area contributed by atoms with Gasteiger partial charge in [-0.15, -0.1) is 15.3 Å². The molecule has 1 N–H and O–H groups in total. The fourth-order valence-corrected chi connectivity index (χ4v) is 2.68. The molecule has 0 radical (unpaired) electrons. The van der Waals surface area contributed by atoms with E-state index in [2.05, 4.69) is 20.6 Å². The Hall–Kier alpha value is -2.84. The molecule has 0 aliphatic heterocycles. The molecule has 0 saturated heterocycles. The van der Waals surface area contributed by atoms with Crippen LogP contribution in [-0.2, 0) is 12.7 Å². The van der Waals surface area contributed by atoms with Gasteiger partial charge < -0.3 is 10.1 Å². The number of hydrogen-bond acceptors (Lipinski definition) is 5. The highest BCUT2D eigenvalue weighted by Gasteiger charge is 2.37. The van der Waals surface area contributed by atoms with Gasteiger partial charge in [-0.05, 0) is 37.5 Å². The van der Waals surface area contributed by atoms with Gasteiger partial charge in [0.05, 0.1) is 6.10 Å². The summed E-state index contributed by atoms with van der Waals surface area (Å²) in [7, 11) is 0. The standard InChI is InChI=1S/C17H16F3N5O/c18-17(19,20)16-23-22-15-9-8-14(24-25(15)16)21-10-11-4-1-2-7-13(11)26-12-5-3-6-12/h1-2,4,7-9,12H,3,5-6,10H2,(H,21,24). The number of nitrogens with zero attached hydrogens (tertiary/aromatic N) is 4. The summed E-state index contributed by atoms with van der Waals surface area (Å²) in [5.74, 6) is -0.0721. The second-order valence-electron chi connectivity index (χ2n) is 6.14. The van der Waals surface area contributed by atoms with E-state index in [0.717, 1.165) is 24.2 Å². The minimum absolute atomic E-state index is 0.0385. The third kappa shape index (κ3) is 3.29. The summed E-state index contributed by atoms with van der Waals surface area (Å²) in [5.41, 5.74) is 0.956. The number of benzene rings is 1. The topological polar surface area (TPSA) is 64.3 Å². The Balaban J connectivity index is 1.53. The Morgan fingerprint density at radius 2 is 1.92 bits per heavy atom. The molecule has 0 unspecified atom stereocenters. The zero-order chi connectivity index (χ0) is 18.1. The van der Waals surface area contributed by atoms with E-state index in [9.17, 15) is 13.2 Å². The third-order valence-corrected chi connectivity index (χ3v) is 4.29.